The standard InChI is InChI=1S/C16H22F3NO5S/c1-4-24-15(25-5-2)10-20-14(11-26(21,22)16(17,18)19)12-6-8-13(23-3)9-7-12/h6-9,11,15,20H,4-5,10H2,1-3H3/b14-11-. The van der Waals surface area contributed by atoms with E-state index in [1.165, 1.54) is 31.4 Å². The number of methoxy groups -OCH3 is 1. The van der Waals surface area contributed by atoms with E-state index in [2.05, 4.69) is 5.32 Å². The maximum atomic E-state index is 12.7. The van der Waals surface area contributed by atoms with E-state index in [4.69, 9.17) is 14.2 Å². The second-order valence-corrected chi connectivity index (χ2v) is 6.76. The van der Waals surface area contributed by atoms with Crippen molar-refractivity contribution in [1.82, 2.24) is 5.32 Å². The van der Waals surface area contributed by atoms with Gasteiger partial charge >= 0.3 is 5.51 Å². The van der Waals surface area contributed by atoms with E-state index in [9.17, 15) is 21.6 Å². The first-order chi connectivity index (χ1) is 12.1. The Labute approximate surface area is 150 Å². The minimum absolute atomic E-state index is 0.0348. The van der Waals surface area contributed by atoms with Crippen LogP contribution in [0.1, 0.15) is 19.4 Å². The summed E-state index contributed by atoms with van der Waals surface area (Å²) in [7, 11) is -4.03. The minimum atomic E-state index is -5.47. The Kier molecular flexibility index (Phi) is 8.38. The van der Waals surface area contributed by atoms with Crippen molar-refractivity contribution in [3.8, 4) is 5.75 Å². The third kappa shape index (κ3) is 6.50. The smallest absolute Gasteiger partial charge is 0.497 e. The van der Waals surface area contributed by atoms with Crippen molar-refractivity contribution < 1.29 is 35.8 Å². The van der Waals surface area contributed by atoms with Crippen molar-refractivity contribution in [3.63, 3.8) is 0 Å². The van der Waals surface area contributed by atoms with E-state index in [-0.39, 0.29) is 23.2 Å². The van der Waals surface area contributed by atoms with Gasteiger partial charge in [0.1, 0.15) is 5.75 Å². The van der Waals surface area contributed by atoms with Crippen LogP contribution in [-0.4, -0.2) is 47.1 Å². The van der Waals surface area contributed by atoms with Crippen molar-refractivity contribution >= 4 is 15.5 Å². The van der Waals surface area contributed by atoms with Gasteiger partial charge in [0.25, 0.3) is 9.84 Å². The lowest BCUT2D eigenvalue weighted by Gasteiger charge is -2.20. The first-order valence-corrected chi connectivity index (χ1v) is 9.33. The molecule has 0 aliphatic rings. The van der Waals surface area contributed by atoms with Crippen molar-refractivity contribution in [1.29, 1.82) is 0 Å². The molecule has 0 aliphatic heterocycles. The van der Waals surface area contributed by atoms with E-state index in [1.54, 1.807) is 13.8 Å². The molecule has 1 aromatic carbocycles. The summed E-state index contributed by atoms with van der Waals surface area (Å²) in [5.74, 6) is 0.480. The van der Waals surface area contributed by atoms with Gasteiger partial charge in [0.05, 0.1) is 24.8 Å². The molecule has 0 aliphatic carbocycles. The zero-order valence-corrected chi connectivity index (χ0v) is 15.5. The average molecular weight is 397 g/mol. The summed E-state index contributed by atoms with van der Waals surface area (Å²) in [6.45, 7) is 4.09. The van der Waals surface area contributed by atoms with Gasteiger partial charge in [0.15, 0.2) is 6.29 Å². The summed E-state index contributed by atoms with van der Waals surface area (Å²) < 4.78 is 76.9. The summed E-state index contributed by atoms with van der Waals surface area (Å²) in [5, 5.41) is 2.82. The fraction of sp³-hybridized carbons (Fsp3) is 0.500. The van der Waals surface area contributed by atoms with Gasteiger partial charge in [-0.15, -0.1) is 0 Å². The number of ether oxygens (including phenoxy) is 3. The van der Waals surface area contributed by atoms with Gasteiger partial charge in [-0.3, -0.25) is 0 Å². The number of nitrogens with one attached hydrogen (secondary N) is 1. The molecule has 0 aromatic heterocycles. The fourth-order valence-electron chi connectivity index (χ4n) is 1.94. The summed E-state index contributed by atoms with van der Waals surface area (Å²) >= 11 is 0. The number of hydrogen-bond donors (Lipinski definition) is 1. The Balaban J connectivity index is 3.16. The summed E-state index contributed by atoms with van der Waals surface area (Å²) in [5.41, 5.74) is -5.38. The average Bonchev–Trinajstić information content (AvgIpc) is 2.58. The van der Waals surface area contributed by atoms with Gasteiger partial charge in [0, 0.05) is 13.2 Å². The molecule has 1 rings (SSSR count). The molecule has 0 fully saturated rings. The molecule has 0 spiro atoms. The van der Waals surface area contributed by atoms with Crippen LogP contribution in [0.5, 0.6) is 5.75 Å². The van der Waals surface area contributed by atoms with E-state index in [1.807, 2.05) is 0 Å². The van der Waals surface area contributed by atoms with Crippen LogP contribution in [-0.2, 0) is 19.3 Å². The van der Waals surface area contributed by atoms with Gasteiger partial charge in [0.2, 0.25) is 0 Å². The molecule has 0 atom stereocenters. The molecule has 0 bridgehead atoms. The predicted molar refractivity (Wildman–Crippen MR) is 91.0 cm³/mol. The Morgan fingerprint density at radius 1 is 1.15 bits per heavy atom. The topological polar surface area (TPSA) is 73.9 Å². The first kappa shape index (κ1) is 22.3. The fourth-order valence-corrected chi connectivity index (χ4v) is 2.60. The van der Waals surface area contributed by atoms with Gasteiger partial charge in [-0.1, -0.05) is 0 Å². The highest BCUT2D eigenvalue weighted by Gasteiger charge is 2.44. The second kappa shape index (κ2) is 9.79. The SMILES string of the molecule is CCOC(CN/C(=C\S(=O)(=O)C(F)(F)F)c1ccc(OC)cc1)OCC. The van der Waals surface area contributed by atoms with Crippen LogP contribution in [0.15, 0.2) is 29.7 Å². The van der Waals surface area contributed by atoms with Gasteiger partial charge in [-0.25, -0.2) is 8.42 Å². The normalized spacial score (nSPS) is 13.1. The van der Waals surface area contributed by atoms with E-state index >= 15 is 0 Å². The van der Waals surface area contributed by atoms with Gasteiger partial charge < -0.3 is 19.5 Å². The molecule has 6 nitrogen and oxygen atoms in total. The summed E-state index contributed by atoms with van der Waals surface area (Å²) in [6, 6.07) is 5.90. The lowest BCUT2D eigenvalue weighted by molar-refractivity contribution is -0.131. The molecular weight excluding hydrogens is 375 g/mol. The molecular formula is C16H22F3NO5S. The van der Waals surface area contributed by atoms with E-state index in [0.29, 0.717) is 19.0 Å². The van der Waals surface area contributed by atoms with Gasteiger partial charge in [-0.05, 0) is 43.7 Å². The Bertz CT molecular complexity index is 681. The number of halogens is 3. The van der Waals surface area contributed by atoms with Crippen molar-refractivity contribution in [2.45, 2.75) is 25.6 Å². The lowest BCUT2D eigenvalue weighted by atomic mass is 10.1. The van der Waals surface area contributed by atoms with Crippen LogP contribution >= 0.6 is 0 Å². The molecule has 26 heavy (non-hydrogen) atoms. The molecule has 10 heteroatoms. The van der Waals surface area contributed by atoms with Crippen molar-refractivity contribution in [2.75, 3.05) is 26.9 Å². The number of rotatable bonds is 10. The zero-order chi connectivity index (χ0) is 19.8. The molecule has 0 amide bonds. The van der Waals surface area contributed by atoms with Crippen LogP contribution in [0.4, 0.5) is 13.2 Å². The highest BCUT2D eigenvalue weighted by atomic mass is 32.2. The molecule has 1 aromatic rings. The maximum absolute atomic E-state index is 12.7. The second-order valence-electron chi connectivity index (χ2n) is 4.97. The highest BCUT2D eigenvalue weighted by Crippen LogP contribution is 2.27. The highest BCUT2D eigenvalue weighted by molar-refractivity contribution is 7.95. The van der Waals surface area contributed by atoms with Gasteiger partial charge in [-0.2, -0.15) is 13.2 Å². The summed E-state index contributed by atoms with van der Waals surface area (Å²) in [4.78, 5) is 0. The number of alkyl halides is 3. The monoisotopic (exact) mass is 397 g/mol. The number of sulfone groups is 1. The first-order valence-electron chi connectivity index (χ1n) is 7.79. The van der Waals surface area contributed by atoms with Crippen molar-refractivity contribution in [2.24, 2.45) is 0 Å². The molecule has 0 heterocycles. The molecule has 1 N–H and O–H groups in total. The molecule has 0 radical (unpaired) electrons. The maximum Gasteiger partial charge on any atom is 0.501 e. The van der Waals surface area contributed by atoms with Crippen molar-refractivity contribution in [3.05, 3.63) is 35.2 Å². The molecule has 0 unspecified atom stereocenters. The van der Waals surface area contributed by atoms with Crippen LogP contribution in [0.25, 0.3) is 5.70 Å². The molecule has 0 saturated carbocycles. The van der Waals surface area contributed by atoms with Crippen LogP contribution < -0.4 is 10.1 Å². The zero-order valence-electron chi connectivity index (χ0n) is 14.7. The van der Waals surface area contributed by atoms with E-state index in [0.717, 1.165) is 0 Å². The molecule has 0 saturated heterocycles. The number of hydrogen-bond acceptors (Lipinski definition) is 6. The van der Waals surface area contributed by atoms with E-state index < -0.39 is 21.6 Å². The third-order valence-electron chi connectivity index (χ3n) is 3.16. The largest absolute Gasteiger partial charge is 0.501 e. The Morgan fingerprint density at radius 3 is 2.12 bits per heavy atom. The summed E-state index contributed by atoms with van der Waals surface area (Å²) in [6.07, 6.45) is -0.736. The van der Waals surface area contributed by atoms with Crippen LogP contribution in [0, 0.1) is 0 Å². The minimum Gasteiger partial charge on any atom is -0.497 e. The third-order valence-corrected chi connectivity index (χ3v) is 4.35. The Hall–Kier alpha value is -1.78. The quantitative estimate of drug-likeness (QED) is 0.612. The van der Waals surface area contributed by atoms with Crippen LogP contribution in [0.3, 0.4) is 0 Å². The van der Waals surface area contributed by atoms with Crippen LogP contribution in [0.2, 0.25) is 0 Å². The Morgan fingerprint density at radius 2 is 1.69 bits per heavy atom. The number of benzene rings is 1. The lowest BCUT2D eigenvalue weighted by Crippen LogP contribution is -2.31. The predicted octanol–water partition coefficient (Wildman–Crippen LogP) is 2.92. The molecule has 148 valence electrons.